The van der Waals surface area contributed by atoms with E-state index in [0.717, 1.165) is 50.0 Å². The van der Waals surface area contributed by atoms with Gasteiger partial charge in [0.1, 0.15) is 29.1 Å². The first-order valence-corrected chi connectivity index (χ1v) is 17.3. The van der Waals surface area contributed by atoms with Gasteiger partial charge in [-0.2, -0.15) is 0 Å². The third kappa shape index (κ3) is 10.7. The minimum Gasteiger partial charge on any atom is -0.491 e. The van der Waals surface area contributed by atoms with E-state index in [0.29, 0.717) is 43.4 Å². The molecule has 2 aliphatic rings. The summed E-state index contributed by atoms with van der Waals surface area (Å²) in [7, 11) is 1.73. The molecule has 1 aromatic carbocycles. The van der Waals surface area contributed by atoms with Crippen LogP contribution in [0.4, 0.5) is 4.79 Å². The van der Waals surface area contributed by atoms with Gasteiger partial charge in [-0.15, -0.1) is 11.3 Å². The van der Waals surface area contributed by atoms with Crippen LogP contribution in [0, 0.1) is 5.92 Å². The fraction of sp³-hybridized carbons (Fsp3) is 0.606. The number of thiazole rings is 1. The second-order valence-corrected chi connectivity index (χ2v) is 12.7. The van der Waals surface area contributed by atoms with Crippen LogP contribution in [0.3, 0.4) is 0 Å². The number of hydrogen-bond donors (Lipinski definition) is 4. The third-order valence-electron chi connectivity index (χ3n) is 8.57. The average molecular weight is 674 g/mol. The van der Waals surface area contributed by atoms with Crippen molar-refractivity contribution in [3.63, 3.8) is 0 Å². The second-order valence-electron chi connectivity index (χ2n) is 11.8. The number of carbonyl (C=O) groups excluding carboxylic acids is 3. The van der Waals surface area contributed by atoms with Gasteiger partial charge >= 0.3 is 6.09 Å². The van der Waals surface area contributed by atoms with Crippen LogP contribution in [0.2, 0.25) is 0 Å². The quantitative estimate of drug-likeness (QED) is 0.136. The maximum Gasteiger partial charge on any atom is 0.404 e. The number of carboxylic acid groups (broad SMARTS) is 1. The van der Waals surface area contributed by atoms with Crippen LogP contribution in [0.5, 0.6) is 5.75 Å². The Balaban J connectivity index is 1.31. The van der Waals surface area contributed by atoms with Crippen LogP contribution in [0.15, 0.2) is 29.6 Å². The number of likely N-dealkylation sites (tertiary alicyclic amines) is 1. The van der Waals surface area contributed by atoms with Gasteiger partial charge in [0.2, 0.25) is 17.6 Å². The number of amides is 3. The van der Waals surface area contributed by atoms with Gasteiger partial charge in [0, 0.05) is 24.0 Å². The van der Waals surface area contributed by atoms with Gasteiger partial charge in [-0.05, 0) is 57.7 Å². The Morgan fingerprint density at radius 1 is 1.02 bits per heavy atom. The van der Waals surface area contributed by atoms with E-state index in [1.54, 1.807) is 43.6 Å². The molecule has 0 bridgehead atoms. The molecule has 0 unspecified atom stereocenters. The molecule has 14 heteroatoms. The highest BCUT2D eigenvalue weighted by atomic mass is 32.1. The van der Waals surface area contributed by atoms with E-state index in [1.807, 2.05) is 4.90 Å². The number of hydrogen-bond acceptors (Lipinski definition) is 10. The van der Waals surface area contributed by atoms with E-state index in [-0.39, 0.29) is 49.3 Å². The predicted octanol–water partition coefficient (Wildman–Crippen LogP) is 3.39. The summed E-state index contributed by atoms with van der Waals surface area (Å²) in [5.41, 5.74) is 0.769. The molecule has 2 aromatic rings. The lowest BCUT2D eigenvalue weighted by Crippen LogP contribution is -2.55. The van der Waals surface area contributed by atoms with Gasteiger partial charge in [-0.1, -0.05) is 31.4 Å². The number of aromatic nitrogens is 1. The monoisotopic (exact) mass is 673 g/mol. The zero-order chi connectivity index (χ0) is 33.6. The smallest absolute Gasteiger partial charge is 0.404 e. The molecule has 1 saturated carbocycles. The molecule has 1 saturated heterocycles. The summed E-state index contributed by atoms with van der Waals surface area (Å²) in [5, 5.41) is 19.2. The Labute approximate surface area is 279 Å². The highest BCUT2D eigenvalue weighted by Crippen LogP contribution is 2.36. The lowest BCUT2D eigenvalue weighted by atomic mass is 9.83. The summed E-state index contributed by atoms with van der Waals surface area (Å²) in [6, 6.07) is 5.70. The molecular weight excluding hydrogens is 626 g/mol. The number of ether oxygens (including phenoxy) is 3. The standard InChI is InChI=1S/C33H47N5O8S/c1-22(34-2)30(40)37-28(23-8-4-3-5-9-23)32(41)38-14-7-12-27(38)31-36-26(21-47-31)29(39)24-10-6-11-25(20-24)46-19-18-45-17-16-44-15-13-35-33(42)43/h6,10-11,20-23,27-28,34-35H,3-5,7-9,12-19H2,1-2H3,(H,37,40)(H,42,43)/t22-,27+,28-/m0/s1. The van der Waals surface area contributed by atoms with Gasteiger partial charge < -0.3 is 40.2 Å². The molecule has 13 nitrogen and oxygen atoms in total. The number of benzene rings is 1. The van der Waals surface area contributed by atoms with Crippen molar-refractivity contribution >= 4 is 35.0 Å². The number of nitrogens with zero attached hydrogens (tertiary/aromatic N) is 2. The van der Waals surface area contributed by atoms with Crippen molar-refractivity contribution in [1.82, 2.24) is 25.8 Å². The maximum atomic E-state index is 14.0. The predicted molar refractivity (Wildman–Crippen MR) is 176 cm³/mol. The Kier molecular flexibility index (Phi) is 14.4. The Morgan fingerprint density at radius 2 is 1.77 bits per heavy atom. The molecule has 0 radical (unpaired) electrons. The number of nitrogens with one attached hydrogen (secondary N) is 3. The summed E-state index contributed by atoms with van der Waals surface area (Å²) in [5.74, 6) is 0.166. The van der Waals surface area contributed by atoms with Crippen LogP contribution in [0.1, 0.15) is 79.0 Å². The molecule has 258 valence electrons. The van der Waals surface area contributed by atoms with Crippen molar-refractivity contribution in [3.8, 4) is 5.75 Å². The summed E-state index contributed by atoms with van der Waals surface area (Å²) in [6.45, 7) is 4.13. The number of ketones is 1. The number of likely N-dealkylation sites (N-methyl/N-ethyl adjacent to an activating group) is 1. The molecule has 1 aromatic heterocycles. The molecule has 4 rings (SSSR count). The summed E-state index contributed by atoms with van der Waals surface area (Å²) >= 11 is 1.38. The third-order valence-corrected chi connectivity index (χ3v) is 9.52. The molecule has 2 heterocycles. The van der Waals surface area contributed by atoms with Crippen molar-refractivity contribution in [3.05, 3.63) is 45.9 Å². The van der Waals surface area contributed by atoms with Crippen molar-refractivity contribution in [1.29, 1.82) is 0 Å². The zero-order valence-corrected chi connectivity index (χ0v) is 28.0. The average Bonchev–Trinajstić information content (AvgIpc) is 3.78. The summed E-state index contributed by atoms with van der Waals surface area (Å²) in [4.78, 5) is 57.3. The van der Waals surface area contributed by atoms with Gasteiger partial charge in [-0.25, -0.2) is 9.78 Å². The molecule has 3 amide bonds. The lowest BCUT2D eigenvalue weighted by Gasteiger charge is -2.35. The van der Waals surface area contributed by atoms with E-state index in [4.69, 9.17) is 24.3 Å². The summed E-state index contributed by atoms with van der Waals surface area (Å²) < 4.78 is 16.5. The van der Waals surface area contributed by atoms with Crippen LogP contribution in [-0.4, -0.2) is 104 Å². The molecule has 0 spiro atoms. The summed E-state index contributed by atoms with van der Waals surface area (Å²) in [6.07, 6.45) is 5.59. The van der Waals surface area contributed by atoms with Crippen molar-refractivity contribution < 1.29 is 38.5 Å². The van der Waals surface area contributed by atoms with Crippen molar-refractivity contribution in [2.45, 2.75) is 70.0 Å². The van der Waals surface area contributed by atoms with Crippen molar-refractivity contribution in [2.24, 2.45) is 5.92 Å². The van der Waals surface area contributed by atoms with E-state index in [9.17, 15) is 19.2 Å². The Morgan fingerprint density at radius 3 is 2.51 bits per heavy atom. The van der Waals surface area contributed by atoms with Gasteiger partial charge in [-0.3, -0.25) is 14.4 Å². The van der Waals surface area contributed by atoms with Crippen LogP contribution >= 0.6 is 11.3 Å². The fourth-order valence-corrected chi connectivity index (χ4v) is 6.86. The van der Waals surface area contributed by atoms with E-state index in [1.165, 1.54) is 11.3 Å². The number of rotatable bonds is 18. The minimum absolute atomic E-state index is 0.0616. The highest BCUT2D eigenvalue weighted by molar-refractivity contribution is 7.10. The molecule has 2 fully saturated rings. The Bertz CT molecular complexity index is 1330. The maximum absolute atomic E-state index is 14.0. The van der Waals surface area contributed by atoms with Crippen LogP contribution in [-0.2, 0) is 19.1 Å². The fourth-order valence-electron chi connectivity index (χ4n) is 5.91. The highest BCUT2D eigenvalue weighted by Gasteiger charge is 2.40. The van der Waals surface area contributed by atoms with Gasteiger partial charge in [0.25, 0.3) is 0 Å². The largest absolute Gasteiger partial charge is 0.491 e. The van der Waals surface area contributed by atoms with Crippen LogP contribution < -0.4 is 20.7 Å². The van der Waals surface area contributed by atoms with Crippen molar-refractivity contribution in [2.75, 3.05) is 53.2 Å². The second kappa shape index (κ2) is 18.7. The molecule has 1 aliphatic carbocycles. The topological polar surface area (TPSA) is 168 Å². The molecule has 4 N–H and O–H groups in total. The molecule has 47 heavy (non-hydrogen) atoms. The normalized spacial score (nSPS) is 18.0. The first-order chi connectivity index (χ1) is 22.8. The first kappa shape index (κ1) is 36.2. The van der Waals surface area contributed by atoms with E-state index < -0.39 is 18.2 Å². The molecule has 1 aliphatic heterocycles. The molecule has 3 atom stereocenters. The SMILES string of the molecule is CN[C@@H](C)C(=O)N[C@H](C(=O)N1CCC[C@@H]1c1nc(C(=O)c2cccc(OCCOCCOCCNC(=O)O)c2)cs1)C1CCCCC1. The van der Waals surface area contributed by atoms with Gasteiger partial charge in [0.15, 0.2) is 0 Å². The lowest BCUT2D eigenvalue weighted by molar-refractivity contribution is -0.139. The zero-order valence-electron chi connectivity index (χ0n) is 27.2. The molecular formula is C33H47N5O8S. The Hall–Kier alpha value is -3.59. The van der Waals surface area contributed by atoms with E-state index >= 15 is 0 Å². The van der Waals surface area contributed by atoms with E-state index in [2.05, 4.69) is 16.0 Å². The van der Waals surface area contributed by atoms with Crippen LogP contribution in [0.25, 0.3) is 0 Å². The first-order valence-electron chi connectivity index (χ1n) is 16.4. The minimum atomic E-state index is -1.09. The number of carbonyl (C=O) groups is 4. The van der Waals surface area contributed by atoms with Gasteiger partial charge in [0.05, 0.1) is 38.5 Å².